The molecule has 0 aliphatic rings. The van der Waals surface area contributed by atoms with Gasteiger partial charge in [0, 0.05) is 0 Å². The molecule has 0 bridgehead atoms. The van der Waals surface area contributed by atoms with Crippen LogP contribution in [-0.2, 0) is 36.5 Å². The molecule has 0 aliphatic carbocycles. The predicted octanol–water partition coefficient (Wildman–Crippen LogP) is 3.71. The van der Waals surface area contributed by atoms with Gasteiger partial charge < -0.3 is 0 Å². The molecular weight excluding hydrogens is 537 g/mol. The summed E-state index contributed by atoms with van der Waals surface area (Å²) in [6.45, 7) is 5.69. The second kappa shape index (κ2) is 12.5. The van der Waals surface area contributed by atoms with Gasteiger partial charge in [-0.15, -0.1) is 0 Å². The van der Waals surface area contributed by atoms with E-state index in [1.807, 2.05) is 56.3 Å². The first-order chi connectivity index (χ1) is 17.6. The van der Waals surface area contributed by atoms with Crippen LogP contribution in [0.5, 0.6) is 11.5 Å². The number of benzene rings is 3. The van der Waals surface area contributed by atoms with Gasteiger partial charge in [0.2, 0.25) is 0 Å². The maximum absolute atomic E-state index is 12.8. The molecule has 8 nitrogen and oxygen atoms in total. The SMILES string of the molecule is CCc1cc(CC=CC(=O)O[As](=O)(O)c2ccc(O)cc2NC(C)=O)cc(C)c1OCc1ccccc1. The van der Waals surface area contributed by atoms with Crippen molar-refractivity contribution in [1.82, 2.24) is 0 Å². The Hall–Kier alpha value is -3.74. The van der Waals surface area contributed by atoms with Gasteiger partial charge in [-0.05, 0) is 0 Å². The van der Waals surface area contributed by atoms with Gasteiger partial charge in [0.25, 0.3) is 0 Å². The molecule has 0 aliphatic heterocycles. The Bertz CT molecular complexity index is 1350. The number of amides is 1. The number of hydrogen-bond donors (Lipinski definition) is 3. The fourth-order valence-corrected chi connectivity index (χ4v) is 6.09. The van der Waals surface area contributed by atoms with E-state index in [4.69, 9.17) is 8.46 Å². The van der Waals surface area contributed by atoms with E-state index in [0.717, 1.165) is 52.6 Å². The van der Waals surface area contributed by atoms with Gasteiger partial charge in [0.1, 0.15) is 0 Å². The first kappa shape index (κ1) is 27.8. The number of anilines is 1. The molecular formula is C28H30AsNO7. The van der Waals surface area contributed by atoms with Crippen LogP contribution in [0.25, 0.3) is 0 Å². The number of rotatable bonds is 10. The van der Waals surface area contributed by atoms with Crippen LogP contribution in [0.1, 0.15) is 36.1 Å². The topological polar surface area (TPSA) is 122 Å². The zero-order valence-corrected chi connectivity index (χ0v) is 22.8. The van der Waals surface area contributed by atoms with Gasteiger partial charge in [0.15, 0.2) is 0 Å². The van der Waals surface area contributed by atoms with E-state index in [2.05, 4.69) is 5.32 Å². The van der Waals surface area contributed by atoms with Crippen molar-refractivity contribution < 1.29 is 31.0 Å². The first-order valence-corrected chi connectivity index (χ1v) is 15.0. The number of nitrogens with one attached hydrogen (secondary N) is 1. The molecule has 3 aromatic rings. The monoisotopic (exact) mass is 567 g/mol. The second-order valence-electron chi connectivity index (χ2n) is 8.45. The number of hydrogen-bond acceptors (Lipinski definition) is 6. The molecule has 3 rings (SSSR count). The van der Waals surface area contributed by atoms with Crippen molar-refractivity contribution in [2.24, 2.45) is 0 Å². The second-order valence-corrected chi connectivity index (χ2v) is 12.0. The minimum absolute atomic E-state index is 0.0913. The van der Waals surface area contributed by atoms with Crippen molar-refractivity contribution in [3.05, 3.63) is 95.1 Å². The Balaban J connectivity index is 1.67. The summed E-state index contributed by atoms with van der Waals surface area (Å²) < 4.78 is 33.9. The van der Waals surface area contributed by atoms with Crippen LogP contribution in [-0.4, -0.2) is 35.3 Å². The molecule has 9 heteroatoms. The van der Waals surface area contributed by atoms with Crippen LogP contribution < -0.4 is 14.4 Å². The smallest absolute Gasteiger partial charge is 0.0622 e. The summed E-state index contributed by atoms with van der Waals surface area (Å²) in [7, 11) is 0. The van der Waals surface area contributed by atoms with Crippen molar-refractivity contribution >= 4 is 36.1 Å². The van der Waals surface area contributed by atoms with Crippen molar-refractivity contribution in [2.75, 3.05) is 5.32 Å². The minimum Gasteiger partial charge on any atom is -0.0622 e. The molecule has 0 radical (unpaired) electrons. The molecule has 0 saturated carbocycles. The van der Waals surface area contributed by atoms with Crippen LogP contribution in [0.15, 0.2) is 72.8 Å². The van der Waals surface area contributed by atoms with Crippen LogP contribution in [0.3, 0.4) is 0 Å². The third-order valence-electron chi connectivity index (χ3n) is 5.43. The van der Waals surface area contributed by atoms with Crippen LogP contribution in [0, 0.1) is 6.92 Å². The fraction of sp³-hybridized carbons (Fsp3) is 0.214. The Morgan fingerprint density at radius 2 is 1.78 bits per heavy atom. The average Bonchev–Trinajstić information content (AvgIpc) is 2.83. The van der Waals surface area contributed by atoms with E-state index in [1.165, 1.54) is 13.0 Å². The first-order valence-electron chi connectivity index (χ1n) is 11.7. The molecule has 0 saturated heterocycles. The van der Waals surface area contributed by atoms with Crippen LogP contribution in [0.4, 0.5) is 5.69 Å². The Labute approximate surface area is 218 Å². The fourth-order valence-electron chi connectivity index (χ4n) is 3.80. The summed E-state index contributed by atoms with van der Waals surface area (Å²) in [5.74, 6) is -0.868. The van der Waals surface area contributed by atoms with Crippen molar-refractivity contribution in [2.45, 2.75) is 40.2 Å². The third kappa shape index (κ3) is 7.87. The number of aromatic hydroxyl groups is 1. The van der Waals surface area contributed by atoms with E-state index in [-0.39, 0.29) is 15.8 Å². The quantitative estimate of drug-likeness (QED) is 0.252. The molecule has 0 spiro atoms. The minimum atomic E-state index is -5.37. The van der Waals surface area contributed by atoms with Gasteiger partial charge in [-0.2, -0.15) is 0 Å². The van der Waals surface area contributed by atoms with Gasteiger partial charge in [-0.1, -0.05) is 30.3 Å². The molecule has 0 fully saturated rings. The maximum atomic E-state index is 12.8. The van der Waals surface area contributed by atoms with Crippen molar-refractivity contribution in [3.8, 4) is 11.5 Å². The number of phenols is 1. The van der Waals surface area contributed by atoms with Gasteiger partial charge in [0.05, 0.1) is 0 Å². The average molecular weight is 567 g/mol. The van der Waals surface area contributed by atoms with Gasteiger partial charge in [-0.3, -0.25) is 0 Å². The summed E-state index contributed by atoms with van der Waals surface area (Å²) in [5, 5.41) is 12.0. The standard InChI is InChI=1S/C28H30AsNO7/c1-4-23-16-22(15-19(2)28(23)36-18-21-9-6-5-7-10-21)11-8-12-27(33)37-29(34,35)25-14-13-24(32)17-26(25)30-20(3)31/h5-10,12-17,32H,4,11,18H2,1-3H3,(H,30,31)(H,34,35). The molecule has 0 aromatic heterocycles. The van der Waals surface area contributed by atoms with E-state index >= 15 is 0 Å². The van der Waals surface area contributed by atoms with E-state index in [0.29, 0.717) is 13.0 Å². The van der Waals surface area contributed by atoms with Crippen LogP contribution in [0.2, 0.25) is 0 Å². The van der Waals surface area contributed by atoms with E-state index in [9.17, 15) is 22.5 Å². The number of phenolic OH excluding ortho intramolecular Hbond substituents is 1. The van der Waals surface area contributed by atoms with E-state index < -0.39 is 26.0 Å². The zero-order chi connectivity index (χ0) is 27.0. The number of ether oxygens (including phenoxy) is 1. The summed E-state index contributed by atoms with van der Waals surface area (Å²) >= 11 is -5.37. The Morgan fingerprint density at radius 1 is 1.05 bits per heavy atom. The number of aryl methyl sites for hydroxylation is 2. The van der Waals surface area contributed by atoms with Crippen molar-refractivity contribution in [3.63, 3.8) is 0 Å². The van der Waals surface area contributed by atoms with Gasteiger partial charge in [-0.25, -0.2) is 0 Å². The molecule has 1 amide bonds. The zero-order valence-electron chi connectivity index (χ0n) is 20.9. The normalized spacial score (nSPS) is 12.6. The summed E-state index contributed by atoms with van der Waals surface area (Å²) in [4.78, 5) is 23.7. The molecule has 194 valence electrons. The Kier molecular flexibility index (Phi) is 9.39. The number of carbonyl (C=O) groups excluding carboxylic acids is 2. The Morgan fingerprint density at radius 3 is 2.46 bits per heavy atom. The summed E-state index contributed by atoms with van der Waals surface area (Å²) in [6, 6.07) is 17.3. The van der Waals surface area contributed by atoms with Crippen molar-refractivity contribution in [1.29, 1.82) is 0 Å². The number of carbonyl (C=O) groups is 2. The third-order valence-corrected chi connectivity index (χ3v) is 8.43. The van der Waals surface area contributed by atoms with E-state index in [1.54, 1.807) is 6.08 Å². The summed E-state index contributed by atoms with van der Waals surface area (Å²) in [6.07, 6.45) is 3.83. The molecule has 37 heavy (non-hydrogen) atoms. The molecule has 3 aromatic carbocycles. The summed E-state index contributed by atoms with van der Waals surface area (Å²) in [5.41, 5.74) is 3.96. The number of allylic oxidation sites excluding steroid dienone is 1. The van der Waals surface area contributed by atoms with Crippen LogP contribution >= 0.6 is 0 Å². The predicted molar refractivity (Wildman–Crippen MR) is 141 cm³/mol. The molecule has 0 heterocycles. The molecule has 1 atom stereocenters. The molecule has 1 unspecified atom stereocenters. The van der Waals surface area contributed by atoms with Gasteiger partial charge >= 0.3 is 189 Å². The molecule has 3 N–H and O–H groups in total.